The Morgan fingerprint density at radius 1 is 0.962 bits per heavy atom. The van der Waals surface area contributed by atoms with Crippen LogP contribution in [0.5, 0.6) is 5.75 Å². The van der Waals surface area contributed by atoms with Gasteiger partial charge >= 0.3 is 0 Å². The fourth-order valence-electron chi connectivity index (χ4n) is 3.64. The molecule has 5 nitrogen and oxygen atoms in total. The zero-order valence-corrected chi connectivity index (χ0v) is 15.4. The second-order valence-electron chi connectivity index (χ2n) is 6.72. The van der Waals surface area contributed by atoms with E-state index in [-0.39, 0.29) is 0 Å². The van der Waals surface area contributed by atoms with Crippen molar-refractivity contribution in [2.75, 3.05) is 38.2 Å². The molecule has 0 unspecified atom stereocenters. The molecule has 3 heterocycles. The number of hydrogen-bond acceptors (Lipinski definition) is 5. The van der Waals surface area contributed by atoms with Crippen LogP contribution in [0.1, 0.15) is 11.1 Å². The fraction of sp³-hybridized carbons (Fsp3) is 0.333. The van der Waals surface area contributed by atoms with Crippen LogP contribution in [0.3, 0.4) is 0 Å². The quantitative estimate of drug-likeness (QED) is 0.724. The van der Waals surface area contributed by atoms with E-state index in [0.29, 0.717) is 0 Å². The Hall–Kier alpha value is -2.66. The molecule has 0 bridgehead atoms. The van der Waals surface area contributed by atoms with Gasteiger partial charge < -0.3 is 9.64 Å². The van der Waals surface area contributed by atoms with Gasteiger partial charge in [0.2, 0.25) is 0 Å². The third-order valence-electron chi connectivity index (χ3n) is 5.18. The number of piperazine rings is 1. The number of pyridine rings is 2. The van der Waals surface area contributed by atoms with Crippen molar-refractivity contribution in [1.29, 1.82) is 0 Å². The molecule has 1 aliphatic rings. The van der Waals surface area contributed by atoms with Crippen LogP contribution in [-0.2, 0) is 6.54 Å². The van der Waals surface area contributed by atoms with E-state index in [2.05, 4.69) is 44.9 Å². The topological polar surface area (TPSA) is 41.5 Å². The predicted octanol–water partition coefficient (Wildman–Crippen LogP) is 3.27. The zero-order valence-electron chi connectivity index (χ0n) is 15.4. The summed E-state index contributed by atoms with van der Waals surface area (Å²) in [5.74, 6) is 1.79. The van der Waals surface area contributed by atoms with E-state index in [1.54, 1.807) is 7.11 Å². The van der Waals surface area contributed by atoms with Crippen molar-refractivity contribution < 1.29 is 4.74 Å². The van der Waals surface area contributed by atoms with Crippen LogP contribution in [0.25, 0.3) is 10.9 Å². The van der Waals surface area contributed by atoms with E-state index in [1.807, 2.05) is 30.6 Å². The van der Waals surface area contributed by atoms with E-state index in [0.717, 1.165) is 49.8 Å². The summed E-state index contributed by atoms with van der Waals surface area (Å²) in [6.07, 6.45) is 3.70. The third kappa shape index (κ3) is 3.22. The van der Waals surface area contributed by atoms with Gasteiger partial charge in [-0.05, 0) is 36.2 Å². The van der Waals surface area contributed by atoms with Gasteiger partial charge in [0.25, 0.3) is 0 Å². The number of methoxy groups -OCH3 is 1. The minimum atomic E-state index is 0.845. The van der Waals surface area contributed by atoms with Gasteiger partial charge in [0, 0.05) is 50.5 Å². The fourth-order valence-corrected chi connectivity index (χ4v) is 3.64. The monoisotopic (exact) mass is 348 g/mol. The molecule has 5 heteroatoms. The number of rotatable bonds is 4. The van der Waals surface area contributed by atoms with Gasteiger partial charge in [0.1, 0.15) is 0 Å². The maximum Gasteiger partial charge on any atom is 0.171 e. The van der Waals surface area contributed by atoms with E-state index in [9.17, 15) is 0 Å². The summed E-state index contributed by atoms with van der Waals surface area (Å²) in [5, 5.41) is 1.21. The van der Waals surface area contributed by atoms with Crippen LogP contribution in [0, 0.1) is 6.92 Å². The highest BCUT2D eigenvalue weighted by Crippen LogP contribution is 2.26. The maximum atomic E-state index is 5.45. The van der Waals surface area contributed by atoms with E-state index in [4.69, 9.17) is 4.74 Å². The molecule has 2 aromatic heterocycles. The highest BCUT2D eigenvalue weighted by Gasteiger charge is 2.21. The van der Waals surface area contributed by atoms with Gasteiger partial charge in [-0.15, -0.1) is 0 Å². The van der Waals surface area contributed by atoms with Crippen LogP contribution >= 0.6 is 0 Å². The lowest BCUT2D eigenvalue weighted by Gasteiger charge is -2.36. The predicted molar refractivity (Wildman–Crippen MR) is 105 cm³/mol. The number of fused-ring (bicyclic) bond motifs is 1. The number of aryl methyl sites for hydroxylation is 1. The molecule has 4 rings (SSSR count). The van der Waals surface area contributed by atoms with Crippen molar-refractivity contribution in [2.45, 2.75) is 13.5 Å². The van der Waals surface area contributed by atoms with Gasteiger partial charge in [-0.3, -0.25) is 9.88 Å². The number of anilines is 1. The summed E-state index contributed by atoms with van der Waals surface area (Å²) in [5.41, 5.74) is 3.76. The summed E-state index contributed by atoms with van der Waals surface area (Å²) in [6, 6.07) is 12.4. The van der Waals surface area contributed by atoms with Gasteiger partial charge in [-0.2, -0.15) is 0 Å². The van der Waals surface area contributed by atoms with Crippen molar-refractivity contribution in [3.63, 3.8) is 0 Å². The molecular formula is C21H24N4O. The smallest absolute Gasteiger partial charge is 0.171 e. The molecule has 0 spiro atoms. The zero-order chi connectivity index (χ0) is 17.9. The second kappa shape index (κ2) is 7.30. The second-order valence-corrected chi connectivity index (χ2v) is 6.72. The molecule has 1 aromatic carbocycles. The molecule has 134 valence electrons. The van der Waals surface area contributed by atoms with Crippen molar-refractivity contribution in [3.05, 3.63) is 59.9 Å². The van der Waals surface area contributed by atoms with Crippen LogP contribution in [0.2, 0.25) is 0 Å². The van der Waals surface area contributed by atoms with Crippen molar-refractivity contribution in [1.82, 2.24) is 14.9 Å². The molecule has 26 heavy (non-hydrogen) atoms. The first kappa shape index (κ1) is 16.8. The Kier molecular flexibility index (Phi) is 4.71. The number of aromatic nitrogens is 2. The number of benzene rings is 1. The number of nitrogens with zero attached hydrogens (tertiary/aromatic N) is 4. The Morgan fingerprint density at radius 3 is 2.54 bits per heavy atom. The van der Waals surface area contributed by atoms with Gasteiger partial charge in [0.15, 0.2) is 11.6 Å². The summed E-state index contributed by atoms with van der Waals surface area (Å²) in [4.78, 5) is 13.9. The molecule has 0 radical (unpaired) electrons. The molecule has 0 atom stereocenters. The SMILES string of the molecule is COc1cccnc1N1CCN(Cc2ccc3cccnc3c2C)CC1. The highest BCUT2D eigenvalue weighted by atomic mass is 16.5. The lowest BCUT2D eigenvalue weighted by Crippen LogP contribution is -2.46. The van der Waals surface area contributed by atoms with Gasteiger partial charge in [-0.1, -0.05) is 18.2 Å². The standard InChI is InChI=1S/C21H24N4O/c1-16-18(8-7-17-5-3-9-22-20(16)17)15-24-11-13-25(14-12-24)21-19(26-2)6-4-10-23-21/h3-10H,11-15H2,1-2H3. The Bertz CT molecular complexity index is 903. The molecule has 0 N–H and O–H groups in total. The normalized spacial score (nSPS) is 15.4. The summed E-state index contributed by atoms with van der Waals surface area (Å²) in [7, 11) is 1.70. The Morgan fingerprint density at radius 2 is 1.73 bits per heavy atom. The van der Waals surface area contributed by atoms with Crippen molar-refractivity contribution in [2.24, 2.45) is 0 Å². The van der Waals surface area contributed by atoms with E-state index in [1.165, 1.54) is 16.5 Å². The van der Waals surface area contributed by atoms with Crippen LogP contribution in [0.15, 0.2) is 48.8 Å². The molecule has 0 aliphatic carbocycles. The number of ether oxygens (including phenoxy) is 1. The summed E-state index contributed by atoms with van der Waals surface area (Å²) < 4.78 is 5.45. The first-order valence-electron chi connectivity index (χ1n) is 9.06. The van der Waals surface area contributed by atoms with E-state index < -0.39 is 0 Å². The molecular weight excluding hydrogens is 324 g/mol. The van der Waals surface area contributed by atoms with E-state index >= 15 is 0 Å². The lowest BCUT2D eigenvalue weighted by molar-refractivity contribution is 0.248. The maximum absolute atomic E-state index is 5.45. The van der Waals surface area contributed by atoms with Crippen LogP contribution < -0.4 is 9.64 Å². The summed E-state index contributed by atoms with van der Waals surface area (Å²) in [6.45, 7) is 7.08. The number of hydrogen-bond donors (Lipinski definition) is 0. The highest BCUT2D eigenvalue weighted by molar-refractivity contribution is 5.82. The molecule has 1 saturated heterocycles. The van der Waals surface area contributed by atoms with Crippen molar-refractivity contribution in [3.8, 4) is 5.75 Å². The first-order chi connectivity index (χ1) is 12.8. The molecule has 0 saturated carbocycles. The average molecular weight is 348 g/mol. The minimum Gasteiger partial charge on any atom is -0.493 e. The molecule has 1 fully saturated rings. The molecule has 1 aliphatic heterocycles. The molecule has 3 aromatic rings. The molecule has 0 amide bonds. The average Bonchev–Trinajstić information content (AvgIpc) is 2.71. The van der Waals surface area contributed by atoms with Crippen LogP contribution in [0.4, 0.5) is 5.82 Å². The van der Waals surface area contributed by atoms with Crippen LogP contribution in [-0.4, -0.2) is 48.2 Å². The van der Waals surface area contributed by atoms with Crippen molar-refractivity contribution >= 4 is 16.7 Å². The largest absolute Gasteiger partial charge is 0.493 e. The summed E-state index contributed by atoms with van der Waals surface area (Å²) >= 11 is 0. The minimum absolute atomic E-state index is 0.845. The van der Waals surface area contributed by atoms with Gasteiger partial charge in [0.05, 0.1) is 12.6 Å². The Labute approximate surface area is 154 Å². The first-order valence-corrected chi connectivity index (χ1v) is 9.06. The third-order valence-corrected chi connectivity index (χ3v) is 5.18. The Balaban J connectivity index is 1.45. The lowest BCUT2D eigenvalue weighted by atomic mass is 10.0. The van der Waals surface area contributed by atoms with Gasteiger partial charge in [-0.25, -0.2) is 4.98 Å².